The molecule has 116 valence electrons. The Balaban J connectivity index is 1.85. The molecule has 2 atom stereocenters. The van der Waals surface area contributed by atoms with E-state index in [4.69, 9.17) is 0 Å². The van der Waals surface area contributed by atoms with Gasteiger partial charge in [-0.25, -0.2) is 4.79 Å². The maximum absolute atomic E-state index is 12.7. The van der Waals surface area contributed by atoms with Crippen LogP contribution in [0.3, 0.4) is 0 Å². The normalized spacial score (nSPS) is 33.4. The van der Waals surface area contributed by atoms with Crippen LogP contribution >= 0.6 is 0 Å². The van der Waals surface area contributed by atoms with Crippen LogP contribution < -0.4 is 0 Å². The molecule has 3 aliphatic heterocycles. The average Bonchev–Trinajstić information content (AvgIpc) is 2.97. The molecule has 21 heavy (non-hydrogen) atoms. The van der Waals surface area contributed by atoms with Crippen molar-refractivity contribution in [1.29, 1.82) is 0 Å². The molecule has 6 nitrogen and oxygen atoms in total. The van der Waals surface area contributed by atoms with Crippen LogP contribution in [-0.2, 0) is 9.59 Å². The molecule has 0 unspecified atom stereocenters. The van der Waals surface area contributed by atoms with Crippen molar-refractivity contribution in [2.75, 3.05) is 13.1 Å². The highest BCUT2D eigenvalue weighted by Gasteiger charge is 2.59. The van der Waals surface area contributed by atoms with Crippen molar-refractivity contribution in [2.24, 2.45) is 0 Å². The average molecular weight is 293 g/mol. The number of amides is 4. The molecule has 3 rings (SSSR count). The smallest absolute Gasteiger partial charge is 0.328 e. The van der Waals surface area contributed by atoms with Crippen molar-refractivity contribution in [3.8, 4) is 0 Å². The molecule has 3 fully saturated rings. The molecule has 0 bridgehead atoms. The van der Waals surface area contributed by atoms with Crippen LogP contribution in [0.15, 0.2) is 0 Å². The lowest BCUT2D eigenvalue weighted by atomic mass is 9.99. The van der Waals surface area contributed by atoms with Crippen LogP contribution in [0.2, 0.25) is 0 Å². The van der Waals surface area contributed by atoms with Gasteiger partial charge in [0.25, 0.3) is 5.91 Å². The molecule has 0 aromatic carbocycles. The molecule has 0 spiro atoms. The van der Waals surface area contributed by atoms with Crippen LogP contribution in [0.5, 0.6) is 0 Å². The highest BCUT2D eigenvalue weighted by atomic mass is 16.2. The third kappa shape index (κ3) is 1.88. The number of fused-ring (bicyclic) bond motifs is 1. The van der Waals surface area contributed by atoms with Crippen LogP contribution in [-0.4, -0.2) is 62.8 Å². The minimum atomic E-state index is -0.685. The number of carbonyl (C=O) groups excluding carboxylic acids is 3. The van der Waals surface area contributed by atoms with Crippen LogP contribution in [0.1, 0.15) is 47.0 Å². The van der Waals surface area contributed by atoms with Crippen molar-refractivity contribution in [1.82, 2.24) is 14.7 Å². The number of rotatable bonds is 1. The molecule has 4 amide bonds. The lowest BCUT2D eigenvalue weighted by Crippen LogP contribution is -2.47. The standard InChI is InChI=1S/C15H23N3O3/c1-14(2,3)17-9-10(8-11(17)19)18-12(20)15(4)6-5-7-16(15)13(18)21/h10H,5-9H2,1-4H3/t10-,15-/m0/s1. The summed E-state index contributed by atoms with van der Waals surface area (Å²) in [5.74, 6) is -0.108. The molecule has 0 aromatic heterocycles. The summed E-state index contributed by atoms with van der Waals surface area (Å²) >= 11 is 0. The van der Waals surface area contributed by atoms with Crippen molar-refractivity contribution in [3.63, 3.8) is 0 Å². The zero-order valence-electron chi connectivity index (χ0n) is 13.2. The van der Waals surface area contributed by atoms with Crippen molar-refractivity contribution >= 4 is 17.8 Å². The molecule has 3 saturated heterocycles. The second-order valence-electron chi connectivity index (χ2n) is 7.52. The molecule has 0 N–H and O–H groups in total. The van der Waals surface area contributed by atoms with Gasteiger partial charge in [-0.2, -0.15) is 0 Å². The Kier molecular flexibility index (Phi) is 2.88. The topological polar surface area (TPSA) is 60.9 Å². The quantitative estimate of drug-likeness (QED) is 0.683. The van der Waals surface area contributed by atoms with E-state index >= 15 is 0 Å². The first kappa shape index (κ1) is 14.4. The molecular formula is C15H23N3O3. The van der Waals surface area contributed by atoms with Gasteiger partial charge in [0, 0.05) is 25.0 Å². The second-order valence-corrected chi connectivity index (χ2v) is 7.52. The van der Waals surface area contributed by atoms with E-state index in [1.54, 1.807) is 9.80 Å². The summed E-state index contributed by atoms with van der Waals surface area (Å²) in [6.07, 6.45) is 1.84. The van der Waals surface area contributed by atoms with Crippen molar-refractivity contribution < 1.29 is 14.4 Å². The van der Waals surface area contributed by atoms with E-state index in [0.29, 0.717) is 13.1 Å². The van der Waals surface area contributed by atoms with Crippen LogP contribution in [0.4, 0.5) is 4.79 Å². The molecule has 0 radical (unpaired) electrons. The van der Waals surface area contributed by atoms with Gasteiger partial charge in [-0.3, -0.25) is 14.5 Å². The largest absolute Gasteiger partial charge is 0.336 e. The fourth-order valence-electron chi connectivity index (χ4n) is 3.80. The molecule has 0 saturated carbocycles. The van der Waals surface area contributed by atoms with Gasteiger partial charge in [-0.15, -0.1) is 0 Å². The molecule has 3 aliphatic rings. The number of hydrogen-bond acceptors (Lipinski definition) is 3. The Morgan fingerprint density at radius 2 is 1.86 bits per heavy atom. The Morgan fingerprint density at radius 3 is 2.38 bits per heavy atom. The van der Waals surface area contributed by atoms with Gasteiger partial charge in [-0.05, 0) is 40.5 Å². The summed E-state index contributed by atoms with van der Waals surface area (Å²) < 4.78 is 0. The highest BCUT2D eigenvalue weighted by molar-refractivity contribution is 6.08. The predicted octanol–water partition coefficient (Wildman–Crippen LogP) is 1.20. The van der Waals surface area contributed by atoms with Gasteiger partial charge in [0.1, 0.15) is 5.54 Å². The van der Waals surface area contributed by atoms with E-state index in [1.165, 1.54) is 4.90 Å². The SMILES string of the molecule is CC(C)(C)N1C[C@@H](N2C(=O)N3CCC[C@@]3(C)C2=O)CC1=O. The molecule has 0 aromatic rings. The Hall–Kier alpha value is -1.59. The monoisotopic (exact) mass is 293 g/mol. The fraction of sp³-hybridized carbons (Fsp3) is 0.800. The number of nitrogens with zero attached hydrogens (tertiary/aromatic N) is 3. The van der Waals surface area contributed by atoms with Crippen molar-refractivity contribution in [2.45, 2.75) is 64.1 Å². The first-order valence-electron chi connectivity index (χ1n) is 7.62. The second kappa shape index (κ2) is 4.21. The number of hydrogen-bond donors (Lipinski definition) is 0. The van der Waals surface area contributed by atoms with Crippen LogP contribution in [0, 0.1) is 0 Å². The lowest BCUT2D eigenvalue weighted by Gasteiger charge is -2.32. The van der Waals surface area contributed by atoms with E-state index in [9.17, 15) is 14.4 Å². The maximum atomic E-state index is 12.7. The van der Waals surface area contributed by atoms with E-state index < -0.39 is 5.54 Å². The van der Waals surface area contributed by atoms with Gasteiger partial charge in [0.15, 0.2) is 0 Å². The van der Waals surface area contributed by atoms with E-state index in [2.05, 4.69) is 0 Å². The summed E-state index contributed by atoms with van der Waals surface area (Å²) in [5.41, 5.74) is -0.965. The number of carbonyl (C=O) groups is 3. The maximum Gasteiger partial charge on any atom is 0.328 e. The van der Waals surface area contributed by atoms with Gasteiger partial charge >= 0.3 is 6.03 Å². The van der Waals surface area contributed by atoms with Gasteiger partial charge < -0.3 is 9.80 Å². The van der Waals surface area contributed by atoms with Gasteiger partial charge in [0.05, 0.1) is 6.04 Å². The first-order valence-corrected chi connectivity index (χ1v) is 7.62. The fourth-order valence-corrected chi connectivity index (χ4v) is 3.80. The summed E-state index contributed by atoms with van der Waals surface area (Å²) in [6.45, 7) is 8.85. The molecule has 3 heterocycles. The van der Waals surface area contributed by atoms with E-state index in [0.717, 1.165) is 12.8 Å². The number of urea groups is 1. The van der Waals surface area contributed by atoms with Gasteiger partial charge in [-0.1, -0.05) is 0 Å². The minimum absolute atomic E-state index is 0.0188. The molecule has 0 aliphatic carbocycles. The third-order valence-electron chi connectivity index (χ3n) is 5.04. The summed E-state index contributed by atoms with van der Waals surface area (Å²) in [6, 6.07) is -0.535. The summed E-state index contributed by atoms with van der Waals surface area (Å²) in [4.78, 5) is 42.2. The summed E-state index contributed by atoms with van der Waals surface area (Å²) in [5, 5.41) is 0. The lowest BCUT2D eigenvalue weighted by molar-refractivity contribution is -0.133. The van der Waals surface area contributed by atoms with E-state index in [-0.39, 0.29) is 35.8 Å². The Bertz CT molecular complexity index is 525. The zero-order valence-corrected chi connectivity index (χ0v) is 13.2. The zero-order chi connectivity index (χ0) is 15.6. The Morgan fingerprint density at radius 1 is 1.19 bits per heavy atom. The first-order chi connectivity index (χ1) is 9.66. The predicted molar refractivity (Wildman–Crippen MR) is 76.5 cm³/mol. The van der Waals surface area contributed by atoms with Gasteiger partial charge in [0.2, 0.25) is 5.91 Å². The number of imide groups is 1. The highest BCUT2D eigenvalue weighted by Crippen LogP contribution is 2.39. The van der Waals surface area contributed by atoms with Crippen molar-refractivity contribution in [3.05, 3.63) is 0 Å². The third-order valence-corrected chi connectivity index (χ3v) is 5.04. The molecular weight excluding hydrogens is 270 g/mol. The van der Waals surface area contributed by atoms with E-state index in [1.807, 2.05) is 27.7 Å². The summed E-state index contributed by atoms with van der Waals surface area (Å²) in [7, 11) is 0. The molecule has 6 heteroatoms. The van der Waals surface area contributed by atoms with Crippen LogP contribution in [0.25, 0.3) is 0 Å². The minimum Gasteiger partial charge on any atom is -0.336 e. The number of likely N-dealkylation sites (tertiary alicyclic amines) is 1. The Labute approximate surface area is 125 Å².